The van der Waals surface area contributed by atoms with Gasteiger partial charge in [-0.2, -0.15) is 5.26 Å². The highest BCUT2D eigenvalue weighted by Crippen LogP contribution is 2.14. The Bertz CT molecular complexity index is 387. The molecule has 0 spiro atoms. The Morgan fingerprint density at radius 3 is 2.77 bits per heavy atom. The second kappa shape index (κ2) is 3.90. The molecule has 0 aliphatic carbocycles. The van der Waals surface area contributed by atoms with Gasteiger partial charge in [-0.1, -0.05) is 13.8 Å². The SMILES string of the molecule is CCC(C)c1ccc(C#N)c(=O)[nH]1. The topological polar surface area (TPSA) is 56.6 Å². The molecule has 0 radical (unpaired) electrons. The standard InChI is InChI=1S/C10H12N2O/c1-3-7(2)9-5-4-8(6-11)10(13)12-9/h4-5,7H,3H2,1-2H3,(H,12,13). The van der Waals surface area contributed by atoms with Crippen LogP contribution in [0.4, 0.5) is 0 Å². The predicted molar refractivity (Wildman–Crippen MR) is 50.5 cm³/mol. The third-order valence-corrected chi connectivity index (χ3v) is 2.20. The van der Waals surface area contributed by atoms with Crippen molar-refractivity contribution in [2.45, 2.75) is 26.2 Å². The second-order valence-corrected chi connectivity index (χ2v) is 3.08. The summed E-state index contributed by atoms with van der Waals surface area (Å²) in [6.45, 7) is 4.10. The van der Waals surface area contributed by atoms with Crippen molar-refractivity contribution in [1.29, 1.82) is 5.26 Å². The fourth-order valence-corrected chi connectivity index (χ4v) is 1.08. The summed E-state index contributed by atoms with van der Waals surface area (Å²) in [6.07, 6.45) is 0.974. The molecule has 3 heteroatoms. The molecule has 1 heterocycles. The largest absolute Gasteiger partial charge is 0.325 e. The van der Waals surface area contributed by atoms with Crippen LogP contribution in [-0.4, -0.2) is 4.98 Å². The number of aromatic nitrogens is 1. The van der Waals surface area contributed by atoms with Gasteiger partial charge in [0, 0.05) is 5.69 Å². The maximum Gasteiger partial charge on any atom is 0.266 e. The minimum absolute atomic E-state index is 0.173. The monoisotopic (exact) mass is 176 g/mol. The number of aromatic amines is 1. The molecule has 1 aromatic rings. The van der Waals surface area contributed by atoms with Crippen LogP contribution in [0.15, 0.2) is 16.9 Å². The van der Waals surface area contributed by atoms with Crippen molar-refractivity contribution in [3.8, 4) is 6.07 Å². The van der Waals surface area contributed by atoms with Crippen molar-refractivity contribution in [1.82, 2.24) is 4.98 Å². The lowest BCUT2D eigenvalue weighted by Crippen LogP contribution is -2.13. The van der Waals surface area contributed by atoms with Gasteiger partial charge in [0.25, 0.3) is 5.56 Å². The molecule has 0 saturated carbocycles. The quantitative estimate of drug-likeness (QED) is 0.746. The highest BCUT2D eigenvalue weighted by atomic mass is 16.1. The summed E-state index contributed by atoms with van der Waals surface area (Å²) in [4.78, 5) is 13.9. The molecule has 0 saturated heterocycles. The highest BCUT2D eigenvalue weighted by molar-refractivity contribution is 5.27. The highest BCUT2D eigenvalue weighted by Gasteiger charge is 2.05. The van der Waals surface area contributed by atoms with Gasteiger partial charge in [0.05, 0.1) is 0 Å². The summed E-state index contributed by atoms with van der Waals surface area (Å²) in [5.74, 6) is 0.334. The fraction of sp³-hybridized carbons (Fsp3) is 0.400. The third-order valence-electron chi connectivity index (χ3n) is 2.20. The number of pyridine rings is 1. The van der Waals surface area contributed by atoms with E-state index in [9.17, 15) is 4.79 Å². The Kier molecular flexibility index (Phi) is 2.86. The summed E-state index contributed by atoms with van der Waals surface area (Å²) in [5.41, 5.74) is 0.777. The van der Waals surface area contributed by atoms with Crippen LogP contribution in [0.3, 0.4) is 0 Å². The lowest BCUT2D eigenvalue weighted by Gasteiger charge is -2.07. The van der Waals surface area contributed by atoms with Gasteiger partial charge in [-0.3, -0.25) is 4.79 Å². The number of nitrogens with one attached hydrogen (secondary N) is 1. The van der Waals surface area contributed by atoms with Gasteiger partial charge in [0.2, 0.25) is 0 Å². The maximum atomic E-state index is 11.2. The van der Waals surface area contributed by atoms with Gasteiger partial charge in [-0.25, -0.2) is 0 Å². The lowest BCUT2D eigenvalue weighted by molar-refractivity contribution is 0.704. The molecule has 1 unspecified atom stereocenters. The van der Waals surface area contributed by atoms with Crippen LogP contribution in [0.5, 0.6) is 0 Å². The van der Waals surface area contributed by atoms with E-state index in [1.807, 2.05) is 13.0 Å². The van der Waals surface area contributed by atoms with Crippen LogP contribution in [0.25, 0.3) is 0 Å². The normalized spacial score (nSPS) is 12.1. The first kappa shape index (κ1) is 9.53. The van der Waals surface area contributed by atoms with E-state index in [0.29, 0.717) is 5.92 Å². The first-order valence-electron chi connectivity index (χ1n) is 4.32. The van der Waals surface area contributed by atoms with Crippen molar-refractivity contribution in [2.75, 3.05) is 0 Å². The summed E-state index contributed by atoms with van der Waals surface area (Å²) < 4.78 is 0. The Morgan fingerprint density at radius 2 is 2.31 bits per heavy atom. The van der Waals surface area contributed by atoms with E-state index in [2.05, 4.69) is 11.9 Å². The second-order valence-electron chi connectivity index (χ2n) is 3.08. The van der Waals surface area contributed by atoms with E-state index in [1.165, 1.54) is 0 Å². The fourth-order valence-electron chi connectivity index (χ4n) is 1.08. The van der Waals surface area contributed by atoms with Gasteiger partial charge in [-0.15, -0.1) is 0 Å². The van der Waals surface area contributed by atoms with Crippen LogP contribution in [0.1, 0.15) is 37.4 Å². The molecule has 0 aromatic carbocycles. The van der Waals surface area contributed by atoms with E-state index in [1.54, 1.807) is 12.1 Å². The Hall–Kier alpha value is -1.56. The number of hydrogen-bond donors (Lipinski definition) is 1. The molecular weight excluding hydrogens is 164 g/mol. The molecule has 13 heavy (non-hydrogen) atoms. The molecule has 1 rings (SSSR count). The molecule has 0 aliphatic heterocycles. The van der Waals surface area contributed by atoms with Crippen molar-refractivity contribution in [2.24, 2.45) is 0 Å². The molecular formula is C10H12N2O. The lowest BCUT2D eigenvalue weighted by atomic mass is 10.0. The zero-order valence-electron chi connectivity index (χ0n) is 7.79. The summed E-state index contributed by atoms with van der Waals surface area (Å²) in [7, 11) is 0. The average molecular weight is 176 g/mol. The molecule has 3 nitrogen and oxygen atoms in total. The molecule has 0 amide bonds. The van der Waals surface area contributed by atoms with Crippen molar-refractivity contribution in [3.05, 3.63) is 33.7 Å². The number of H-pyrrole nitrogens is 1. The van der Waals surface area contributed by atoms with Crippen LogP contribution in [-0.2, 0) is 0 Å². The van der Waals surface area contributed by atoms with Crippen molar-refractivity contribution >= 4 is 0 Å². The van der Waals surface area contributed by atoms with E-state index < -0.39 is 0 Å². The Labute approximate surface area is 77.0 Å². The molecule has 1 N–H and O–H groups in total. The van der Waals surface area contributed by atoms with E-state index in [0.717, 1.165) is 12.1 Å². The summed E-state index contributed by atoms with van der Waals surface area (Å²) >= 11 is 0. The zero-order chi connectivity index (χ0) is 9.84. The number of nitrogens with zero attached hydrogens (tertiary/aromatic N) is 1. The van der Waals surface area contributed by atoms with Crippen molar-refractivity contribution < 1.29 is 0 Å². The first-order valence-corrected chi connectivity index (χ1v) is 4.32. The van der Waals surface area contributed by atoms with Gasteiger partial charge < -0.3 is 4.98 Å². The number of nitriles is 1. The van der Waals surface area contributed by atoms with Gasteiger partial charge in [-0.05, 0) is 24.5 Å². The van der Waals surface area contributed by atoms with Crippen molar-refractivity contribution in [3.63, 3.8) is 0 Å². The Morgan fingerprint density at radius 1 is 1.62 bits per heavy atom. The van der Waals surface area contributed by atoms with Crippen LogP contribution < -0.4 is 5.56 Å². The first-order chi connectivity index (χ1) is 6.19. The average Bonchev–Trinajstić information content (AvgIpc) is 2.16. The van der Waals surface area contributed by atoms with E-state index >= 15 is 0 Å². The van der Waals surface area contributed by atoms with Gasteiger partial charge >= 0.3 is 0 Å². The minimum Gasteiger partial charge on any atom is -0.325 e. The summed E-state index contributed by atoms with van der Waals surface area (Å²) in [6, 6.07) is 5.21. The molecule has 0 bridgehead atoms. The molecule has 0 fully saturated rings. The molecule has 68 valence electrons. The molecule has 1 atom stereocenters. The number of rotatable bonds is 2. The summed E-state index contributed by atoms with van der Waals surface area (Å²) in [5, 5.41) is 8.54. The maximum absolute atomic E-state index is 11.2. The van der Waals surface area contributed by atoms with Gasteiger partial charge in [0.1, 0.15) is 11.6 Å². The Balaban J connectivity index is 3.12. The predicted octanol–water partition coefficient (Wildman–Crippen LogP) is 1.76. The molecule has 1 aromatic heterocycles. The van der Waals surface area contributed by atoms with Crippen LogP contribution in [0, 0.1) is 11.3 Å². The molecule has 0 aliphatic rings. The third kappa shape index (κ3) is 1.97. The van der Waals surface area contributed by atoms with Gasteiger partial charge in [0.15, 0.2) is 0 Å². The minimum atomic E-state index is -0.291. The van der Waals surface area contributed by atoms with E-state index in [4.69, 9.17) is 5.26 Å². The zero-order valence-corrected chi connectivity index (χ0v) is 7.79. The van der Waals surface area contributed by atoms with Crippen LogP contribution in [0.2, 0.25) is 0 Å². The van der Waals surface area contributed by atoms with Crippen LogP contribution >= 0.6 is 0 Å². The number of hydrogen-bond acceptors (Lipinski definition) is 2. The van der Waals surface area contributed by atoms with E-state index in [-0.39, 0.29) is 11.1 Å². The smallest absolute Gasteiger partial charge is 0.266 e.